The molecule has 1 fully saturated rings. The Morgan fingerprint density at radius 3 is 2.40 bits per heavy atom. The Morgan fingerprint density at radius 2 is 1.74 bits per heavy atom. The van der Waals surface area contributed by atoms with Crippen LogP contribution in [0, 0.1) is 6.92 Å². The molecule has 3 N–H and O–H groups in total. The number of hydrogen-bond donors (Lipinski definition) is 3. The van der Waals surface area contributed by atoms with Crippen LogP contribution in [-0.4, -0.2) is 50.6 Å². The van der Waals surface area contributed by atoms with Crippen LogP contribution in [0.4, 0.5) is 17.3 Å². The van der Waals surface area contributed by atoms with Crippen molar-refractivity contribution in [3.8, 4) is 0 Å². The first-order chi connectivity index (χ1) is 16.8. The van der Waals surface area contributed by atoms with E-state index in [2.05, 4.69) is 20.0 Å². The molecule has 0 unspecified atom stereocenters. The number of rotatable bonds is 8. The predicted molar refractivity (Wildman–Crippen MR) is 133 cm³/mol. The monoisotopic (exact) mass is 497 g/mol. The molecule has 0 bridgehead atoms. The fourth-order valence-electron chi connectivity index (χ4n) is 3.71. The number of hydrogen-bond acceptors (Lipinski definition) is 7. The summed E-state index contributed by atoms with van der Waals surface area (Å²) < 4.78 is 32.9. The Balaban J connectivity index is 1.34. The lowest BCUT2D eigenvalue weighted by molar-refractivity contribution is -0.116. The van der Waals surface area contributed by atoms with E-state index in [-0.39, 0.29) is 29.2 Å². The van der Waals surface area contributed by atoms with Gasteiger partial charge >= 0.3 is 0 Å². The number of carbonyl (C=O) groups excluding carboxylic acids is 1. The summed E-state index contributed by atoms with van der Waals surface area (Å²) in [6.45, 7) is 4.25. The van der Waals surface area contributed by atoms with Crippen LogP contribution in [0.1, 0.15) is 17.7 Å². The van der Waals surface area contributed by atoms with Crippen LogP contribution in [0.2, 0.25) is 0 Å². The zero-order valence-electron chi connectivity index (χ0n) is 19.3. The third kappa shape index (κ3) is 6.25. The predicted octanol–water partition coefficient (Wildman–Crippen LogP) is 2.29. The van der Waals surface area contributed by atoms with E-state index in [1.54, 1.807) is 37.3 Å². The number of benzene rings is 2. The third-order valence-electron chi connectivity index (χ3n) is 5.60. The summed E-state index contributed by atoms with van der Waals surface area (Å²) in [7, 11) is -3.74. The lowest BCUT2D eigenvalue weighted by Crippen LogP contribution is -2.38. The van der Waals surface area contributed by atoms with E-state index in [0.29, 0.717) is 54.9 Å². The van der Waals surface area contributed by atoms with Gasteiger partial charge in [0, 0.05) is 42.1 Å². The number of ether oxygens (including phenoxy) is 1. The molecule has 0 saturated carbocycles. The van der Waals surface area contributed by atoms with Gasteiger partial charge in [-0.3, -0.25) is 19.3 Å². The molecule has 1 aliphatic rings. The first-order valence-corrected chi connectivity index (χ1v) is 12.7. The maximum Gasteiger partial charge on any atom is 0.261 e. The molecule has 1 aromatic heterocycles. The smallest absolute Gasteiger partial charge is 0.261 e. The van der Waals surface area contributed by atoms with Crippen LogP contribution < -0.4 is 20.5 Å². The summed E-state index contributed by atoms with van der Waals surface area (Å²) in [6.07, 6.45) is 0.314. The lowest BCUT2D eigenvalue weighted by Gasteiger charge is -2.27. The topological polar surface area (TPSA) is 133 Å². The number of aromatic amines is 1. The number of aryl methyl sites for hydroxylation is 1. The van der Waals surface area contributed by atoms with Crippen molar-refractivity contribution in [1.29, 1.82) is 0 Å². The number of anilines is 3. The second-order valence-electron chi connectivity index (χ2n) is 8.10. The molecule has 0 atom stereocenters. The largest absolute Gasteiger partial charge is 0.378 e. The van der Waals surface area contributed by atoms with Gasteiger partial charge in [0.1, 0.15) is 0 Å². The van der Waals surface area contributed by atoms with E-state index in [0.717, 1.165) is 0 Å². The maximum atomic E-state index is 12.6. The molecule has 2 heterocycles. The summed E-state index contributed by atoms with van der Waals surface area (Å²) in [5, 5.41) is 2.73. The van der Waals surface area contributed by atoms with Gasteiger partial charge in [0.25, 0.3) is 15.6 Å². The highest BCUT2D eigenvalue weighted by atomic mass is 32.2. The number of sulfonamides is 1. The van der Waals surface area contributed by atoms with Crippen molar-refractivity contribution in [3.63, 3.8) is 0 Å². The highest BCUT2D eigenvalue weighted by molar-refractivity contribution is 7.92. The number of nitrogens with one attached hydrogen (secondary N) is 3. The number of amides is 1. The average Bonchev–Trinajstić information content (AvgIpc) is 2.84. The minimum Gasteiger partial charge on any atom is -0.378 e. The standard InChI is InChI=1S/C24H27N5O5S/c1-17-21(23(31)27-24(25-17)29-13-15-34-16-14-29)11-12-22(30)26-18-7-9-20(10-8-18)35(32,33)28-19-5-3-2-4-6-19/h2-10,28H,11-16H2,1H3,(H,26,30)(H,25,27,31). The van der Waals surface area contributed by atoms with Gasteiger partial charge in [0.05, 0.1) is 18.1 Å². The number of aromatic nitrogens is 2. The number of nitrogens with zero attached hydrogens (tertiary/aromatic N) is 2. The molecule has 0 radical (unpaired) electrons. The molecule has 1 amide bonds. The second-order valence-corrected chi connectivity index (χ2v) is 9.78. The van der Waals surface area contributed by atoms with E-state index < -0.39 is 10.0 Å². The van der Waals surface area contributed by atoms with E-state index >= 15 is 0 Å². The van der Waals surface area contributed by atoms with Gasteiger partial charge in [-0.05, 0) is 49.7 Å². The van der Waals surface area contributed by atoms with Crippen molar-refractivity contribution in [2.45, 2.75) is 24.7 Å². The number of H-pyrrole nitrogens is 1. The van der Waals surface area contributed by atoms with E-state index in [1.807, 2.05) is 4.90 Å². The van der Waals surface area contributed by atoms with Crippen molar-refractivity contribution < 1.29 is 17.9 Å². The Morgan fingerprint density at radius 1 is 1.06 bits per heavy atom. The summed E-state index contributed by atoms with van der Waals surface area (Å²) in [5.41, 5.74) is 1.71. The van der Waals surface area contributed by atoms with Gasteiger partial charge in [-0.25, -0.2) is 13.4 Å². The second kappa shape index (κ2) is 10.7. The molecule has 3 aromatic rings. The summed E-state index contributed by atoms with van der Waals surface area (Å²) in [4.78, 5) is 34.4. The summed E-state index contributed by atoms with van der Waals surface area (Å²) in [5.74, 6) is 0.222. The molecule has 2 aromatic carbocycles. The Kier molecular flexibility index (Phi) is 7.47. The van der Waals surface area contributed by atoms with Crippen LogP contribution in [0.3, 0.4) is 0 Å². The molecule has 184 valence electrons. The number of morpholine rings is 1. The Bertz CT molecular complexity index is 1330. The fraction of sp³-hybridized carbons (Fsp3) is 0.292. The van der Waals surface area contributed by atoms with Crippen LogP contribution in [0.15, 0.2) is 64.3 Å². The van der Waals surface area contributed by atoms with E-state index in [1.165, 1.54) is 24.3 Å². The number of carbonyl (C=O) groups is 1. The van der Waals surface area contributed by atoms with E-state index in [9.17, 15) is 18.0 Å². The average molecular weight is 498 g/mol. The molecular weight excluding hydrogens is 470 g/mol. The highest BCUT2D eigenvalue weighted by Crippen LogP contribution is 2.18. The normalized spacial score (nSPS) is 13.9. The van der Waals surface area contributed by atoms with Crippen LogP contribution in [0.25, 0.3) is 0 Å². The van der Waals surface area contributed by atoms with Gasteiger partial charge in [0.2, 0.25) is 11.9 Å². The molecular formula is C24H27N5O5S. The van der Waals surface area contributed by atoms with Crippen LogP contribution >= 0.6 is 0 Å². The molecule has 1 aliphatic heterocycles. The molecule has 10 nitrogen and oxygen atoms in total. The fourth-order valence-corrected chi connectivity index (χ4v) is 4.77. The summed E-state index contributed by atoms with van der Waals surface area (Å²) >= 11 is 0. The van der Waals surface area contributed by atoms with Crippen LogP contribution in [-0.2, 0) is 26.0 Å². The molecule has 4 rings (SSSR count). The van der Waals surface area contributed by atoms with Gasteiger partial charge < -0.3 is 15.0 Å². The van der Waals surface area contributed by atoms with Crippen molar-refractivity contribution >= 4 is 33.3 Å². The Labute approximate surface area is 203 Å². The molecule has 0 aliphatic carbocycles. The minimum absolute atomic E-state index is 0.0768. The first-order valence-electron chi connectivity index (χ1n) is 11.2. The summed E-state index contributed by atoms with van der Waals surface area (Å²) in [6, 6.07) is 14.5. The highest BCUT2D eigenvalue weighted by Gasteiger charge is 2.17. The van der Waals surface area contributed by atoms with E-state index in [4.69, 9.17) is 4.74 Å². The zero-order chi connectivity index (χ0) is 24.8. The van der Waals surface area contributed by atoms with Crippen molar-refractivity contribution in [3.05, 3.63) is 76.2 Å². The minimum atomic E-state index is -3.74. The number of para-hydroxylation sites is 1. The Hall–Kier alpha value is -3.70. The van der Waals surface area contributed by atoms with Crippen LogP contribution in [0.5, 0.6) is 0 Å². The zero-order valence-corrected chi connectivity index (χ0v) is 20.1. The molecule has 11 heteroatoms. The van der Waals surface area contributed by atoms with Gasteiger partial charge in [-0.15, -0.1) is 0 Å². The van der Waals surface area contributed by atoms with Crippen molar-refractivity contribution in [2.24, 2.45) is 0 Å². The quantitative estimate of drug-likeness (QED) is 0.435. The molecule has 35 heavy (non-hydrogen) atoms. The van der Waals surface area contributed by atoms with Gasteiger partial charge in [-0.1, -0.05) is 18.2 Å². The molecule has 0 spiro atoms. The van der Waals surface area contributed by atoms with Crippen molar-refractivity contribution in [2.75, 3.05) is 41.2 Å². The van der Waals surface area contributed by atoms with Gasteiger partial charge in [0.15, 0.2) is 0 Å². The molecule has 1 saturated heterocycles. The van der Waals surface area contributed by atoms with Crippen molar-refractivity contribution in [1.82, 2.24) is 9.97 Å². The first kappa shape index (κ1) is 24.4. The third-order valence-corrected chi connectivity index (χ3v) is 6.99. The lowest BCUT2D eigenvalue weighted by atomic mass is 10.1. The maximum absolute atomic E-state index is 12.6. The van der Waals surface area contributed by atoms with Gasteiger partial charge in [-0.2, -0.15) is 0 Å². The SMILES string of the molecule is Cc1nc(N2CCOCC2)[nH]c(=O)c1CCC(=O)Nc1ccc(S(=O)(=O)Nc2ccccc2)cc1.